The van der Waals surface area contributed by atoms with E-state index in [9.17, 15) is 0 Å². The number of aromatic nitrogens is 1. The van der Waals surface area contributed by atoms with Crippen molar-refractivity contribution in [3.63, 3.8) is 0 Å². The van der Waals surface area contributed by atoms with Crippen LogP contribution in [0.4, 0.5) is 5.69 Å². The van der Waals surface area contributed by atoms with Gasteiger partial charge in [-0.25, -0.2) is 0 Å². The van der Waals surface area contributed by atoms with E-state index in [0.717, 1.165) is 12.1 Å². The maximum Gasteiger partial charge on any atom is 0.0557 e. The van der Waals surface area contributed by atoms with Crippen LogP contribution in [0.3, 0.4) is 0 Å². The Kier molecular flexibility index (Phi) is 1.54. The van der Waals surface area contributed by atoms with Crippen molar-refractivity contribution in [2.75, 3.05) is 4.90 Å². The van der Waals surface area contributed by atoms with Crippen molar-refractivity contribution in [2.45, 2.75) is 37.8 Å². The molecule has 1 aromatic rings. The summed E-state index contributed by atoms with van der Waals surface area (Å²) >= 11 is 0. The van der Waals surface area contributed by atoms with Crippen LogP contribution in [0.1, 0.15) is 25.7 Å². The van der Waals surface area contributed by atoms with Gasteiger partial charge in [0.25, 0.3) is 0 Å². The second kappa shape index (κ2) is 2.72. The second-order valence-corrected chi connectivity index (χ2v) is 4.08. The van der Waals surface area contributed by atoms with E-state index in [2.05, 4.69) is 16.0 Å². The maximum atomic E-state index is 4.18. The van der Waals surface area contributed by atoms with Gasteiger partial charge in [0.05, 0.1) is 11.9 Å². The van der Waals surface area contributed by atoms with Crippen molar-refractivity contribution in [2.24, 2.45) is 0 Å². The van der Waals surface area contributed by atoms with Crippen molar-refractivity contribution in [1.29, 1.82) is 0 Å². The molecule has 2 saturated heterocycles. The Morgan fingerprint density at radius 2 is 1.85 bits per heavy atom. The lowest BCUT2D eigenvalue weighted by atomic mass is 10.0. The Bertz CT molecular complexity index is 276. The molecule has 2 bridgehead atoms. The monoisotopic (exact) mass is 174 g/mol. The summed E-state index contributed by atoms with van der Waals surface area (Å²) in [5.74, 6) is 0. The van der Waals surface area contributed by atoms with Crippen LogP contribution in [-0.2, 0) is 0 Å². The van der Waals surface area contributed by atoms with Gasteiger partial charge in [0.1, 0.15) is 0 Å². The van der Waals surface area contributed by atoms with Gasteiger partial charge in [-0.15, -0.1) is 0 Å². The fraction of sp³-hybridized carbons (Fsp3) is 0.545. The second-order valence-electron chi connectivity index (χ2n) is 4.08. The zero-order valence-electron chi connectivity index (χ0n) is 7.69. The number of nitrogens with zero attached hydrogens (tertiary/aromatic N) is 2. The average molecular weight is 174 g/mol. The summed E-state index contributed by atoms with van der Waals surface area (Å²) in [4.78, 5) is 6.76. The summed E-state index contributed by atoms with van der Waals surface area (Å²) in [6.45, 7) is 0. The summed E-state index contributed by atoms with van der Waals surface area (Å²) in [6, 6.07) is 5.85. The highest BCUT2D eigenvalue weighted by molar-refractivity contribution is 5.48. The van der Waals surface area contributed by atoms with E-state index in [1.807, 2.05) is 18.5 Å². The van der Waals surface area contributed by atoms with E-state index in [4.69, 9.17) is 0 Å². The van der Waals surface area contributed by atoms with E-state index in [0.29, 0.717) is 0 Å². The highest BCUT2D eigenvalue weighted by atomic mass is 15.2. The fourth-order valence-electron chi connectivity index (χ4n) is 2.84. The third-order valence-corrected chi connectivity index (χ3v) is 3.40. The lowest BCUT2D eigenvalue weighted by Gasteiger charge is -2.23. The summed E-state index contributed by atoms with van der Waals surface area (Å²) in [5, 5.41) is 0. The minimum atomic E-state index is 0.814. The molecule has 3 rings (SSSR count). The van der Waals surface area contributed by atoms with Gasteiger partial charge in [0, 0.05) is 18.3 Å². The molecule has 2 heteroatoms. The van der Waals surface area contributed by atoms with Crippen LogP contribution in [0, 0.1) is 0 Å². The molecule has 2 aliphatic rings. The highest BCUT2D eigenvalue weighted by Gasteiger charge is 2.39. The fourth-order valence-corrected chi connectivity index (χ4v) is 2.84. The molecule has 68 valence electrons. The third-order valence-electron chi connectivity index (χ3n) is 3.40. The lowest BCUT2D eigenvalue weighted by Crippen LogP contribution is -2.27. The van der Waals surface area contributed by atoms with E-state index in [-0.39, 0.29) is 0 Å². The molecule has 0 radical (unpaired) electrons. The van der Waals surface area contributed by atoms with E-state index < -0.39 is 0 Å². The molecular weight excluding hydrogens is 160 g/mol. The van der Waals surface area contributed by atoms with Gasteiger partial charge in [0.15, 0.2) is 0 Å². The quantitative estimate of drug-likeness (QED) is 0.649. The number of hydrogen-bond donors (Lipinski definition) is 0. The Balaban J connectivity index is 1.94. The maximum absolute atomic E-state index is 4.18. The molecular formula is C11H14N2. The average Bonchev–Trinajstić information content (AvgIpc) is 2.78. The van der Waals surface area contributed by atoms with Crippen molar-refractivity contribution in [3.8, 4) is 0 Å². The molecule has 0 spiro atoms. The van der Waals surface area contributed by atoms with E-state index in [1.54, 1.807) is 0 Å². The largest absolute Gasteiger partial charge is 0.364 e. The summed E-state index contributed by atoms with van der Waals surface area (Å²) < 4.78 is 0. The predicted octanol–water partition coefficient (Wildman–Crippen LogP) is 2.21. The Hall–Kier alpha value is -1.05. The summed E-state index contributed by atoms with van der Waals surface area (Å²) in [5.41, 5.74) is 1.33. The zero-order chi connectivity index (χ0) is 8.67. The minimum Gasteiger partial charge on any atom is -0.364 e. The van der Waals surface area contributed by atoms with Crippen molar-refractivity contribution < 1.29 is 0 Å². The first-order valence-electron chi connectivity index (χ1n) is 5.13. The van der Waals surface area contributed by atoms with Gasteiger partial charge >= 0.3 is 0 Å². The molecule has 0 saturated carbocycles. The number of hydrogen-bond acceptors (Lipinski definition) is 2. The van der Waals surface area contributed by atoms with Crippen LogP contribution in [0.2, 0.25) is 0 Å². The predicted molar refractivity (Wildman–Crippen MR) is 52.8 cm³/mol. The van der Waals surface area contributed by atoms with Crippen molar-refractivity contribution >= 4 is 5.69 Å². The van der Waals surface area contributed by atoms with Crippen LogP contribution < -0.4 is 4.90 Å². The molecule has 2 nitrogen and oxygen atoms in total. The smallest absolute Gasteiger partial charge is 0.0557 e. The lowest BCUT2D eigenvalue weighted by molar-refractivity contribution is 0.576. The number of pyridine rings is 1. The van der Waals surface area contributed by atoms with Crippen LogP contribution >= 0.6 is 0 Å². The van der Waals surface area contributed by atoms with Crippen molar-refractivity contribution in [1.82, 2.24) is 4.98 Å². The van der Waals surface area contributed by atoms with Gasteiger partial charge in [-0.3, -0.25) is 4.98 Å². The molecule has 0 aliphatic carbocycles. The van der Waals surface area contributed by atoms with Gasteiger partial charge in [0.2, 0.25) is 0 Å². The van der Waals surface area contributed by atoms with Gasteiger partial charge < -0.3 is 4.90 Å². The standard InChI is InChI=1S/C11H14N2/c1-2-11(8-12-7-1)13-9-3-4-10(13)6-5-9/h1-2,7-10H,3-6H2. The van der Waals surface area contributed by atoms with E-state index >= 15 is 0 Å². The van der Waals surface area contributed by atoms with E-state index in [1.165, 1.54) is 31.4 Å². The van der Waals surface area contributed by atoms with Crippen LogP contribution in [-0.4, -0.2) is 17.1 Å². The minimum absolute atomic E-state index is 0.814. The Morgan fingerprint density at radius 3 is 2.38 bits per heavy atom. The first-order valence-corrected chi connectivity index (χ1v) is 5.13. The molecule has 0 amide bonds. The van der Waals surface area contributed by atoms with Crippen molar-refractivity contribution in [3.05, 3.63) is 24.5 Å². The Labute approximate surface area is 78.6 Å². The van der Waals surface area contributed by atoms with Gasteiger partial charge in [-0.05, 0) is 37.8 Å². The van der Waals surface area contributed by atoms with Gasteiger partial charge in [-0.2, -0.15) is 0 Å². The number of fused-ring (bicyclic) bond motifs is 2. The molecule has 0 atom stereocenters. The molecule has 0 N–H and O–H groups in total. The molecule has 2 aliphatic heterocycles. The van der Waals surface area contributed by atoms with Gasteiger partial charge in [-0.1, -0.05) is 0 Å². The SMILES string of the molecule is c1cncc(N2C3CCC2CC3)c1. The third kappa shape index (κ3) is 1.05. The number of anilines is 1. The summed E-state index contributed by atoms with van der Waals surface area (Å²) in [6.07, 6.45) is 9.40. The first-order chi connectivity index (χ1) is 6.45. The molecule has 2 fully saturated rings. The van der Waals surface area contributed by atoms with Crippen LogP contribution in [0.15, 0.2) is 24.5 Å². The molecule has 13 heavy (non-hydrogen) atoms. The summed E-state index contributed by atoms with van der Waals surface area (Å²) in [7, 11) is 0. The molecule has 0 aromatic carbocycles. The Morgan fingerprint density at radius 1 is 1.15 bits per heavy atom. The molecule has 1 aromatic heterocycles. The normalized spacial score (nSPS) is 31.2. The first kappa shape index (κ1) is 7.36. The zero-order valence-corrected chi connectivity index (χ0v) is 7.69. The van der Waals surface area contributed by atoms with Crippen LogP contribution in [0.25, 0.3) is 0 Å². The number of rotatable bonds is 1. The van der Waals surface area contributed by atoms with Crippen LogP contribution in [0.5, 0.6) is 0 Å². The topological polar surface area (TPSA) is 16.1 Å². The molecule has 0 unspecified atom stereocenters. The highest BCUT2D eigenvalue weighted by Crippen LogP contribution is 2.40. The molecule has 3 heterocycles.